The normalized spacial score (nSPS) is 10.7. The zero-order valence-corrected chi connectivity index (χ0v) is 13.0. The first-order chi connectivity index (χ1) is 12.2. The summed E-state index contributed by atoms with van der Waals surface area (Å²) in [4.78, 5) is 11.3. The zero-order valence-electron chi connectivity index (χ0n) is 13.0. The zero-order chi connectivity index (χ0) is 17.2. The van der Waals surface area contributed by atoms with Gasteiger partial charge >= 0.3 is 5.97 Å². The molecule has 0 fully saturated rings. The molecular weight excluding hydrogens is 318 g/mol. The van der Waals surface area contributed by atoms with E-state index in [9.17, 15) is 9.90 Å². The number of rotatable bonds is 4. The fourth-order valence-corrected chi connectivity index (χ4v) is 2.74. The number of carbonyl (C=O) groups is 1. The number of benzene rings is 2. The Morgan fingerprint density at radius 1 is 1.00 bits per heavy atom. The summed E-state index contributed by atoms with van der Waals surface area (Å²) in [5.74, 6) is -1.08. The molecule has 0 aliphatic rings. The average molecular weight is 331 g/mol. The average Bonchev–Trinajstić information content (AvgIpc) is 3.34. The summed E-state index contributed by atoms with van der Waals surface area (Å²) < 4.78 is 1.31. The van der Waals surface area contributed by atoms with Gasteiger partial charge in [0.05, 0.1) is 18.1 Å². The second-order valence-electron chi connectivity index (χ2n) is 5.42. The van der Waals surface area contributed by atoms with Gasteiger partial charge in [0.1, 0.15) is 0 Å². The van der Waals surface area contributed by atoms with Crippen LogP contribution < -0.4 is 0 Å². The van der Waals surface area contributed by atoms with E-state index < -0.39 is 5.97 Å². The van der Waals surface area contributed by atoms with E-state index in [1.165, 1.54) is 10.9 Å². The van der Waals surface area contributed by atoms with Crippen molar-refractivity contribution < 1.29 is 9.90 Å². The molecule has 0 unspecified atom stereocenters. The minimum absolute atomic E-state index is 0.00519. The molecule has 0 aliphatic heterocycles. The first kappa shape index (κ1) is 14.8. The first-order valence-corrected chi connectivity index (χ1v) is 7.57. The molecule has 2 aromatic carbocycles. The van der Waals surface area contributed by atoms with Crippen LogP contribution in [0.15, 0.2) is 67.1 Å². The third kappa shape index (κ3) is 2.67. The van der Waals surface area contributed by atoms with E-state index in [2.05, 4.69) is 20.5 Å². The quantitative estimate of drug-likeness (QED) is 0.599. The van der Waals surface area contributed by atoms with Crippen molar-refractivity contribution in [3.8, 4) is 27.9 Å². The molecule has 0 radical (unpaired) electrons. The van der Waals surface area contributed by atoms with Crippen molar-refractivity contribution >= 4 is 5.97 Å². The predicted octanol–water partition coefficient (Wildman–Crippen LogP) is 3.02. The second kappa shape index (κ2) is 6.04. The molecule has 2 aromatic heterocycles. The predicted molar refractivity (Wildman–Crippen MR) is 91.3 cm³/mol. The Hall–Kier alpha value is -3.74. The number of H-pyrrole nitrogens is 1. The number of carboxylic acids is 1. The van der Waals surface area contributed by atoms with E-state index in [1.54, 1.807) is 12.4 Å². The molecule has 4 rings (SSSR count). The Kier molecular flexibility index (Phi) is 3.59. The lowest BCUT2D eigenvalue weighted by Gasteiger charge is -2.11. The fourth-order valence-electron chi connectivity index (χ4n) is 2.74. The van der Waals surface area contributed by atoms with Crippen LogP contribution in [0, 0.1) is 0 Å². The number of nitrogens with one attached hydrogen (secondary N) is 1. The van der Waals surface area contributed by atoms with Crippen molar-refractivity contribution in [2.45, 2.75) is 0 Å². The van der Waals surface area contributed by atoms with Crippen LogP contribution in [-0.2, 0) is 0 Å². The second-order valence-corrected chi connectivity index (χ2v) is 5.42. The standard InChI is InChI=1S/C18H13N5O2/c24-18(25)17-11-21-22-23(17)14-6-7-15(12-4-2-1-3-5-12)16(8-14)13-9-19-20-10-13/h1-11H,(H,19,20)(H,24,25). The Bertz CT molecular complexity index is 1020. The molecule has 0 saturated carbocycles. The Morgan fingerprint density at radius 3 is 2.56 bits per heavy atom. The number of hydrogen-bond acceptors (Lipinski definition) is 4. The summed E-state index contributed by atoms with van der Waals surface area (Å²) in [6.45, 7) is 0. The lowest BCUT2D eigenvalue weighted by atomic mass is 9.95. The van der Waals surface area contributed by atoms with Gasteiger partial charge in [-0.25, -0.2) is 9.48 Å². The molecule has 7 heteroatoms. The SMILES string of the molecule is O=C(O)c1cnnn1-c1ccc(-c2ccccc2)c(-c2cn[nH]c2)c1. The van der Waals surface area contributed by atoms with Crippen molar-refractivity contribution in [1.29, 1.82) is 0 Å². The van der Waals surface area contributed by atoms with E-state index >= 15 is 0 Å². The van der Waals surface area contributed by atoms with Crippen molar-refractivity contribution in [3.63, 3.8) is 0 Å². The first-order valence-electron chi connectivity index (χ1n) is 7.57. The monoisotopic (exact) mass is 331 g/mol. The van der Waals surface area contributed by atoms with Gasteiger partial charge in [-0.2, -0.15) is 5.10 Å². The number of aromatic amines is 1. The van der Waals surface area contributed by atoms with Crippen LogP contribution in [-0.4, -0.2) is 36.3 Å². The van der Waals surface area contributed by atoms with E-state index in [0.29, 0.717) is 5.69 Å². The number of nitrogens with zero attached hydrogens (tertiary/aromatic N) is 4. The smallest absolute Gasteiger partial charge is 0.356 e. The number of aromatic carboxylic acids is 1. The molecule has 122 valence electrons. The third-order valence-electron chi connectivity index (χ3n) is 3.91. The van der Waals surface area contributed by atoms with Crippen molar-refractivity contribution in [2.75, 3.05) is 0 Å². The van der Waals surface area contributed by atoms with Crippen LogP contribution in [0.3, 0.4) is 0 Å². The molecular formula is C18H13N5O2. The summed E-state index contributed by atoms with van der Waals surface area (Å²) in [7, 11) is 0. The highest BCUT2D eigenvalue weighted by Gasteiger charge is 2.16. The van der Waals surface area contributed by atoms with Crippen LogP contribution in [0.4, 0.5) is 0 Å². The molecule has 0 aliphatic carbocycles. The Labute approximate surface area is 142 Å². The van der Waals surface area contributed by atoms with E-state index in [4.69, 9.17) is 0 Å². The van der Waals surface area contributed by atoms with Gasteiger partial charge in [0.25, 0.3) is 0 Å². The number of aromatic nitrogens is 5. The minimum atomic E-state index is -1.08. The van der Waals surface area contributed by atoms with Gasteiger partial charge in [-0.05, 0) is 28.8 Å². The van der Waals surface area contributed by atoms with E-state index in [-0.39, 0.29) is 5.69 Å². The summed E-state index contributed by atoms with van der Waals surface area (Å²) in [6, 6.07) is 15.6. The van der Waals surface area contributed by atoms with Gasteiger partial charge < -0.3 is 5.11 Å². The topological polar surface area (TPSA) is 96.7 Å². The lowest BCUT2D eigenvalue weighted by Crippen LogP contribution is -2.08. The summed E-state index contributed by atoms with van der Waals surface area (Å²) in [6.07, 6.45) is 4.75. The van der Waals surface area contributed by atoms with Crippen molar-refractivity contribution in [2.24, 2.45) is 0 Å². The van der Waals surface area contributed by atoms with Gasteiger partial charge in [-0.1, -0.05) is 41.6 Å². The molecule has 7 nitrogen and oxygen atoms in total. The van der Waals surface area contributed by atoms with Gasteiger partial charge in [0.2, 0.25) is 0 Å². The molecule has 0 atom stereocenters. The largest absolute Gasteiger partial charge is 0.476 e. The van der Waals surface area contributed by atoms with Crippen LogP contribution >= 0.6 is 0 Å². The molecule has 2 N–H and O–H groups in total. The molecule has 25 heavy (non-hydrogen) atoms. The molecule has 0 saturated heterocycles. The highest BCUT2D eigenvalue weighted by atomic mass is 16.4. The summed E-state index contributed by atoms with van der Waals surface area (Å²) in [5.41, 5.74) is 4.52. The highest BCUT2D eigenvalue weighted by molar-refractivity contribution is 5.87. The van der Waals surface area contributed by atoms with Crippen LogP contribution in [0.25, 0.3) is 27.9 Å². The highest BCUT2D eigenvalue weighted by Crippen LogP contribution is 2.33. The molecule has 0 spiro atoms. The van der Waals surface area contributed by atoms with Gasteiger partial charge in [0, 0.05) is 11.8 Å². The van der Waals surface area contributed by atoms with Crippen LogP contribution in [0.1, 0.15) is 10.5 Å². The van der Waals surface area contributed by atoms with E-state index in [1.807, 2.05) is 48.5 Å². The summed E-state index contributed by atoms with van der Waals surface area (Å²) >= 11 is 0. The third-order valence-corrected chi connectivity index (χ3v) is 3.91. The van der Waals surface area contributed by atoms with E-state index in [0.717, 1.165) is 22.3 Å². The van der Waals surface area contributed by atoms with Crippen LogP contribution in [0.2, 0.25) is 0 Å². The molecule has 0 bridgehead atoms. The maximum Gasteiger partial charge on any atom is 0.356 e. The van der Waals surface area contributed by atoms with Gasteiger partial charge in [-0.15, -0.1) is 5.10 Å². The van der Waals surface area contributed by atoms with Gasteiger partial charge in [0.15, 0.2) is 5.69 Å². The van der Waals surface area contributed by atoms with Gasteiger partial charge in [-0.3, -0.25) is 5.10 Å². The van der Waals surface area contributed by atoms with Crippen molar-refractivity contribution in [1.82, 2.24) is 25.2 Å². The van der Waals surface area contributed by atoms with Crippen LogP contribution in [0.5, 0.6) is 0 Å². The maximum absolute atomic E-state index is 11.3. The maximum atomic E-state index is 11.3. The number of carboxylic acid groups (broad SMARTS) is 1. The minimum Gasteiger partial charge on any atom is -0.476 e. The lowest BCUT2D eigenvalue weighted by molar-refractivity contribution is 0.0687. The molecule has 2 heterocycles. The number of hydrogen-bond donors (Lipinski definition) is 2. The fraction of sp³-hybridized carbons (Fsp3) is 0. The summed E-state index contributed by atoms with van der Waals surface area (Å²) in [5, 5.41) is 23.7. The molecule has 4 aromatic rings. The van der Waals surface area contributed by atoms with Crippen molar-refractivity contribution in [3.05, 3.63) is 72.8 Å². The Balaban J connectivity index is 1.92. The Morgan fingerprint density at radius 2 is 1.84 bits per heavy atom. The molecule has 0 amide bonds.